The molecule has 4 heterocycles. The number of carbonyl (C=O) groups excluding carboxylic acids is 1. The van der Waals surface area contributed by atoms with Gasteiger partial charge in [-0.05, 0) is 19.8 Å². The molecule has 0 spiro atoms. The zero-order chi connectivity index (χ0) is 16.6. The standard InChI is InChI=1S/C17H28N6O/c1-17(11-19-12-17)16(24)23-6-2-3-13(10-23)14-9-15(21-20-14)22-7-4-18-5-8-22/h9,13,18-19H,2-8,10-12H2,1H3,(H,20,21). The van der Waals surface area contributed by atoms with Crippen molar-refractivity contribution in [2.45, 2.75) is 25.7 Å². The Balaban J connectivity index is 1.42. The average Bonchev–Trinajstić information content (AvgIpc) is 3.10. The highest BCUT2D eigenvalue weighted by Gasteiger charge is 2.43. The lowest BCUT2D eigenvalue weighted by molar-refractivity contribution is -0.145. The molecule has 0 saturated carbocycles. The minimum Gasteiger partial charge on any atom is -0.353 e. The number of hydrogen-bond acceptors (Lipinski definition) is 5. The Morgan fingerprint density at radius 2 is 2.04 bits per heavy atom. The summed E-state index contributed by atoms with van der Waals surface area (Å²) in [4.78, 5) is 17.2. The quantitative estimate of drug-likeness (QED) is 0.734. The molecule has 0 aliphatic carbocycles. The lowest BCUT2D eigenvalue weighted by Crippen LogP contribution is -2.61. The maximum atomic E-state index is 12.8. The maximum absolute atomic E-state index is 12.8. The van der Waals surface area contributed by atoms with Crippen molar-refractivity contribution in [1.29, 1.82) is 0 Å². The molecule has 132 valence electrons. The fraction of sp³-hybridized carbons (Fsp3) is 0.765. The van der Waals surface area contributed by atoms with Gasteiger partial charge < -0.3 is 20.4 Å². The molecule has 7 heteroatoms. The van der Waals surface area contributed by atoms with E-state index < -0.39 is 0 Å². The molecule has 1 aromatic heterocycles. The fourth-order valence-corrected chi connectivity index (χ4v) is 4.04. The highest BCUT2D eigenvalue weighted by atomic mass is 16.2. The van der Waals surface area contributed by atoms with Gasteiger partial charge in [0, 0.05) is 70.0 Å². The highest BCUT2D eigenvalue weighted by molar-refractivity contribution is 5.84. The summed E-state index contributed by atoms with van der Waals surface area (Å²) in [5.41, 5.74) is 0.986. The van der Waals surface area contributed by atoms with E-state index in [0.29, 0.717) is 11.8 Å². The van der Waals surface area contributed by atoms with E-state index in [2.05, 4.69) is 43.6 Å². The number of H-pyrrole nitrogens is 1. The van der Waals surface area contributed by atoms with E-state index in [-0.39, 0.29) is 5.41 Å². The van der Waals surface area contributed by atoms with Crippen LogP contribution in [0.2, 0.25) is 0 Å². The molecule has 1 atom stereocenters. The van der Waals surface area contributed by atoms with E-state index in [1.807, 2.05) is 0 Å². The highest BCUT2D eigenvalue weighted by Crippen LogP contribution is 2.31. The second kappa shape index (κ2) is 6.37. The number of aromatic nitrogens is 2. The number of aromatic amines is 1. The minimum atomic E-state index is -0.193. The maximum Gasteiger partial charge on any atom is 0.231 e. The third-order valence-electron chi connectivity index (χ3n) is 5.72. The summed E-state index contributed by atoms with van der Waals surface area (Å²) in [5.74, 6) is 1.74. The Morgan fingerprint density at radius 3 is 2.75 bits per heavy atom. The van der Waals surface area contributed by atoms with Crippen molar-refractivity contribution in [3.63, 3.8) is 0 Å². The van der Waals surface area contributed by atoms with E-state index in [1.54, 1.807) is 0 Å². The molecule has 1 amide bonds. The molecule has 4 rings (SSSR count). The van der Waals surface area contributed by atoms with Crippen LogP contribution in [0.25, 0.3) is 0 Å². The van der Waals surface area contributed by atoms with E-state index in [4.69, 9.17) is 0 Å². The van der Waals surface area contributed by atoms with Gasteiger partial charge in [0.05, 0.1) is 5.41 Å². The largest absolute Gasteiger partial charge is 0.353 e. The van der Waals surface area contributed by atoms with Gasteiger partial charge in [-0.25, -0.2) is 0 Å². The predicted octanol–water partition coefficient (Wildman–Crippen LogP) is 0.135. The van der Waals surface area contributed by atoms with Crippen LogP contribution in [0.3, 0.4) is 0 Å². The summed E-state index contributed by atoms with van der Waals surface area (Å²) < 4.78 is 0. The van der Waals surface area contributed by atoms with Crippen molar-refractivity contribution in [2.24, 2.45) is 5.41 Å². The molecule has 1 aromatic rings. The molecule has 0 bridgehead atoms. The number of hydrogen-bond donors (Lipinski definition) is 3. The van der Waals surface area contributed by atoms with E-state index in [9.17, 15) is 4.79 Å². The van der Waals surface area contributed by atoms with Crippen molar-refractivity contribution in [3.05, 3.63) is 11.8 Å². The zero-order valence-corrected chi connectivity index (χ0v) is 14.5. The molecular formula is C17H28N6O. The van der Waals surface area contributed by atoms with Crippen LogP contribution in [-0.2, 0) is 4.79 Å². The number of carbonyl (C=O) groups is 1. The summed E-state index contributed by atoms with van der Waals surface area (Å²) >= 11 is 0. The zero-order valence-electron chi connectivity index (χ0n) is 14.5. The first-order chi connectivity index (χ1) is 11.7. The van der Waals surface area contributed by atoms with Crippen molar-refractivity contribution >= 4 is 11.7 Å². The van der Waals surface area contributed by atoms with Crippen LogP contribution in [0, 0.1) is 5.41 Å². The molecule has 3 aliphatic rings. The Bertz CT molecular complexity index is 590. The first kappa shape index (κ1) is 15.9. The monoisotopic (exact) mass is 332 g/mol. The summed E-state index contributed by atoms with van der Waals surface area (Å²) in [6.45, 7) is 9.45. The van der Waals surface area contributed by atoms with Crippen LogP contribution >= 0.6 is 0 Å². The molecule has 3 saturated heterocycles. The van der Waals surface area contributed by atoms with Gasteiger partial charge in [-0.15, -0.1) is 0 Å². The molecule has 0 aromatic carbocycles. The number of piperazine rings is 1. The summed E-state index contributed by atoms with van der Waals surface area (Å²) in [7, 11) is 0. The lowest BCUT2D eigenvalue weighted by atomic mass is 9.81. The summed E-state index contributed by atoms with van der Waals surface area (Å²) in [6.07, 6.45) is 2.20. The number of amides is 1. The first-order valence-corrected chi connectivity index (χ1v) is 9.17. The molecule has 3 N–H and O–H groups in total. The van der Waals surface area contributed by atoms with Gasteiger partial charge >= 0.3 is 0 Å². The summed E-state index contributed by atoms with van der Waals surface area (Å²) in [6, 6.07) is 2.19. The number of nitrogens with zero attached hydrogens (tertiary/aromatic N) is 3. The molecule has 0 radical (unpaired) electrons. The third-order valence-corrected chi connectivity index (χ3v) is 5.72. The Morgan fingerprint density at radius 1 is 1.25 bits per heavy atom. The van der Waals surface area contributed by atoms with Crippen molar-refractivity contribution in [1.82, 2.24) is 25.7 Å². The van der Waals surface area contributed by atoms with Gasteiger partial charge in [0.15, 0.2) is 5.82 Å². The Labute approximate surface area is 143 Å². The van der Waals surface area contributed by atoms with Crippen LogP contribution in [-0.4, -0.2) is 73.4 Å². The minimum absolute atomic E-state index is 0.193. The molecular weight excluding hydrogens is 304 g/mol. The van der Waals surface area contributed by atoms with Crippen LogP contribution in [0.4, 0.5) is 5.82 Å². The van der Waals surface area contributed by atoms with E-state index in [1.165, 1.54) is 5.69 Å². The van der Waals surface area contributed by atoms with Gasteiger partial charge in [0.2, 0.25) is 5.91 Å². The lowest BCUT2D eigenvalue weighted by Gasteiger charge is -2.43. The SMILES string of the molecule is CC1(C(=O)N2CCCC(c3cc(N4CCNCC4)n[nH]3)C2)CNC1. The third kappa shape index (κ3) is 2.91. The number of piperidine rings is 1. The van der Waals surface area contributed by atoms with Crippen molar-refractivity contribution < 1.29 is 4.79 Å². The van der Waals surface area contributed by atoms with Gasteiger partial charge in [-0.3, -0.25) is 9.89 Å². The molecule has 7 nitrogen and oxygen atoms in total. The number of anilines is 1. The van der Waals surface area contributed by atoms with Gasteiger partial charge in [-0.2, -0.15) is 5.10 Å². The normalized spacial score (nSPS) is 27.0. The van der Waals surface area contributed by atoms with E-state index >= 15 is 0 Å². The topological polar surface area (TPSA) is 76.3 Å². The second-order valence-corrected chi connectivity index (χ2v) is 7.67. The fourth-order valence-electron chi connectivity index (χ4n) is 4.04. The van der Waals surface area contributed by atoms with Crippen LogP contribution in [0.5, 0.6) is 0 Å². The van der Waals surface area contributed by atoms with Gasteiger partial charge in [0.1, 0.15) is 0 Å². The number of likely N-dealkylation sites (tertiary alicyclic amines) is 1. The average molecular weight is 332 g/mol. The molecule has 3 aliphatic heterocycles. The Hall–Kier alpha value is -1.60. The summed E-state index contributed by atoms with van der Waals surface area (Å²) in [5, 5.41) is 14.4. The number of rotatable bonds is 3. The van der Waals surface area contributed by atoms with E-state index in [0.717, 1.165) is 71.0 Å². The smallest absolute Gasteiger partial charge is 0.231 e. The van der Waals surface area contributed by atoms with Crippen molar-refractivity contribution in [3.8, 4) is 0 Å². The predicted molar refractivity (Wildman–Crippen MR) is 93.2 cm³/mol. The van der Waals surface area contributed by atoms with Crippen LogP contribution in [0.15, 0.2) is 6.07 Å². The van der Waals surface area contributed by atoms with Crippen LogP contribution < -0.4 is 15.5 Å². The second-order valence-electron chi connectivity index (χ2n) is 7.67. The molecule has 1 unspecified atom stereocenters. The molecule has 24 heavy (non-hydrogen) atoms. The van der Waals surface area contributed by atoms with Crippen molar-refractivity contribution in [2.75, 3.05) is 57.3 Å². The van der Waals surface area contributed by atoms with Crippen LogP contribution in [0.1, 0.15) is 31.4 Å². The van der Waals surface area contributed by atoms with Gasteiger partial charge in [0.25, 0.3) is 0 Å². The van der Waals surface area contributed by atoms with Gasteiger partial charge in [-0.1, -0.05) is 0 Å². The molecule has 3 fully saturated rings. The first-order valence-electron chi connectivity index (χ1n) is 9.17. The Kier molecular flexibility index (Phi) is 4.22. The number of nitrogens with one attached hydrogen (secondary N) is 3.